The number of urea groups is 1. The van der Waals surface area contributed by atoms with Crippen molar-refractivity contribution in [2.75, 3.05) is 6.54 Å². The predicted molar refractivity (Wildman–Crippen MR) is 52.6 cm³/mol. The van der Waals surface area contributed by atoms with Crippen LogP contribution in [0.3, 0.4) is 0 Å². The molecule has 0 aromatic rings. The molecule has 0 rings (SSSR count). The van der Waals surface area contributed by atoms with Crippen LogP contribution in [0.1, 0.15) is 34.1 Å². The van der Waals surface area contributed by atoms with Crippen molar-refractivity contribution in [3.8, 4) is 0 Å². The molecule has 0 aromatic carbocycles. The average Bonchev–Trinajstić information content (AvgIpc) is 1.99. The van der Waals surface area contributed by atoms with Gasteiger partial charge in [0.2, 0.25) is 0 Å². The van der Waals surface area contributed by atoms with Crippen LogP contribution >= 0.6 is 0 Å². The molecule has 78 valence electrons. The highest BCUT2D eigenvalue weighted by Crippen LogP contribution is 1.96. The number of rotatable bonds is 4. The van der Waals surface area contributed by atoms with Crippen LogP contribution < -0.4 is 10.6 Å². The molecule has 0 saturated heterocycles. The molecule has 0 aliphatic carbocycles. The molecule has 0 heterocycles. The zero-order chi connectivity index (χ0) is 10.5. The third-order valence-corrected chi connectivity index (χ3v) is 1.67. The van der Waals surface area contributed by atoms with E-state index in [9.17, 15) is 9.90 Å². The maximum Gasteiger partial charge on any atom is 0.315 e. The zero-order valence-corrected chi connectivity index (χ0v) is 8.85. The second-order valence-corrected chi connectivity index (χ2v) is 3.95. The lowest BCUT2D eigenvalue weighted by molar-refractivity contribution is 0.0818. The molecule has 0 bridgehead atoms. The van der Waals surface area contributed by atoms with E-state index in [1.165, 1.54) is 0 Å². The minimum Gasteiger partial charge on any atom is -0.389 e. The molecular formula is C9H20N2O2. The van der Waals surface area contributed by atoms with E-state index < -0.39 is 5.60 Å². The van der Waals surface area contributed by atoms with Crippen LogP contribution in [0.5, 0.6) is 0 Å². The largest absolute Gasteiger partial charge is 0.389 e. The van der Waals surface area contributed by atoms with Gasteiger partial charge in [-0.25, -0.2) is 4.79 Å². The van der Waals surface area contributed by atoms with Gasteiger partial charge in [0.05, 0.1) is 5.60 Å². The van der Waals surface area contributed by atoms with E-state index in [0.29, 0.717) is 0 Å². The van der Waals surface area contributed by atoms with Crippen LogP contribution in [0.25, 0.3) is 0 Å². The van der Waals surface area contributed by atoms with Gasteiger partial charge in [-0.1, -0.05) is 6.92 Å². The van der Waals surface area contributed by atoms with E-state index in [2.05, 4.69) is 10.6 Å². The number of hydrogen-bond acceptors (Lipinski definition) is 2. The minimum atomic E-state index is -0.854. The highest BCUT2D eigenvalue weighted by molar-refractivity contribution is 5.74. The van der Waals surface area contributed by atoms with E-state index in [-0.39, 0.29) is 18.6 Å². The Morgan fingerprint density at radius 2 is 2.08 bits per heavy atom. The first-order valence-electron chi connectivity index (χ1n) is 4.62. The Morgan fingerprint density at radius 3 is 2.46 bits per heavy atom. The van der Waals surface area contributed by atoms with Gasteiger partial charge in [0.25, 0.3) is 0 Å². The van der Waals surface area contributed by atoms with E-state index in [4.69, 9.17) is 0 Å². The van der Waals surface area contributed by atoms with Gasteiger partial charge >= 0.3 is 6.03 Å². The van der Waals surface area contributed by atoms with Gasteiger partial charge in [0.1, 0.15) is 0 Å². The molecule has 1 unspecified atom stereocenters. The summed E-state index contributed by atoms with van der Waals surface area (Å²) in [6.45, 7) is 7.49. The molecular weight excluding hydrogens is 168 g/mol. The Morgan fingerprint density at radius 1 is 1.54 bits per heavy atom. The molecule has 0 aromatic heterocycles. The third-order valence-electron chi connectivity index (χ3n) is 1.67. The quantitative estimate of drug-likeness (QED) is 0.612. The van der Waals surface area contributed by atoms with E-state index in [1.807, 2.05) is 13.8 Å². The third kappa shape index (κ3) is 7.59. The number of amides is 2. The van der Waals surface area contributed by atoms with E-state index in [1.54, 1.807) is 13.8 Å². The fourth-order valence-corrected chi connectivity index (χ4v) is 0.673. The Balaban J connectivity index is 3.64. The van der Waals surface area contributed by atoms with Crippen molar-refractivity contribution < 1.29 is 9.90 Å². The summed E-state index contributed by atoms with van der Waals surface area (Å²) < 4.78 is 0. The molecule has 0 aliphatic rings. The van der Waals surface area contributed by atoms with Crippen molar-refractivity contribution in [3.05, 3.63) is 0 Å². The lowest BCUT2D eigenvalue weighted by Gasteiger charge is -2.19. The first-order valence-corrected chi connectivity index (χ1v) is 4.62. The Labute approximate surface area is 79.7 Å². The van der Waals surface area contributed by atoms with Gasteiger partial charge in [-0.15, -0.1) is 0 Å². The second kappa shape index (κ2) is 5.07. The van der Waals surface area contributed by atoms with Crippen LogP contribution in [0, 0.1) is 0 Å². The Kier molecular flexibility index (Phi) is 4.77. The van der Waals surface area contributed by atoms with Crippen molar-refractivity contribution in [3.63, 3.8) is 0 Å². The van der Waals surface area contributed by atoms with Gasteiger partial charge in [-0.2, -0.15) is 0 Å². The highest BCUT2D eigenvalue weighted by atomic mass is 16.3. The molecule has 4 heteroatoms. The van der Waals surface area contributed by atoms with E-state index >= 15 is 0 Å². The molecule has 2 amide bonds. The van der Waals surface area contributed by atoms with Gasteiger partial charge in [0.15, 0.2) is 0 Å². The number of aliphatic hydroxyl groups is 1. The van der Waals surface area contributed by atoms with Gasteiger partial charge in [0, 0.05) is 12.6 Å². The topological polar surface area (TPSA) is 61.4 Å². The monoisotopic (exact) mass is 188 g/mol. The summed E-state index contributed by atoms with van der Waals surface area (Å²) in [4.78, 5) is 11.1. The number of nitrogens with one attached hydrogen (secondary N) is 2. The Hall–Kier alpha value is -0.770. The summed E-state index contributed by atoms with van der Waals surface area (Å²) in [5, 5.41) is 14.6. The van der Waals surface area contributed by atoms with Crippen molar-refractivity contribution in [2.24, 2.45) is 0 Å². The van der Waals surface area contributed by atoms with Gasteiger partial charge < -0.3 is 15.7 Å². The van der Waals surface area contributed by atoms with Crippen LogP contribution in [-0.4, -0.2) is 29.3 Å². The molecule has 0 radical (unpaired) electrons. The SMILES string of the molecule is CCC(C)NC(=O)NCC(C)(C)O. The summed E-state index contributed by atoms with van der Waals surface area (Å²) in [5.74, 6) is 0. The normalized spacial score (nSPS) is 13.6. The van der Waals surface area contributed by atoms with Gasteiger partial charge in [-0.3, -0.25) is 0 Å². The standard InChI is InChI=1S/C9H20N2O2/c1-5-7(2)11-8(12)10-6-9(3,4)13/h7,13H,5-6H2,1-4H3,(H2,10,11,12). The molecule has 0 aliphatic heterocycles. The van der Waals surface area contributed by atoms with E-state index in [0.717, 1.165) is 6.42 Å². The molecule has 3 N–H and O–H groups in total. The first kappa shape index (κ1) is 12.2. The molecule has 0 spiro atoms. The van der Waals surface area contributed by atoms with Crippen molar-refractivity contribution in [2.45, 2.75) is 45.8 Å². The van der Waals surface area contributed by atoms with Crippen molar-refractivity contribution in [1.29, 1.82) is 0 Å². The summed E-state index contributed by atoms with van der Waals surface area (Å²) >= 11 is 0. The first-order chi connectivity index (χ1) is 5.85. The lowest BCUT2D eigenvalue weighted by Crippen LogP contribution is -2.45. The molecule has 0 fully saturated rings. The van der Waals surface area contributed by atoms with Crippen LogP contribution in [-0.2, 0) is 0 Å². The summed E-state index contributed by atoms with van der Waals surface area (Å²) in [7, 11) is 0. The molecule has 4 nitrogen and oxygen atoms in total. The number of carbonyl (C=O) groups excluding carboxylic acids is 1. The average molecular weight is 188 g/mol. The highest BCUT2D eigenvalue weighted by Gasteiger charge is 2.14. The smallest absolute Gasteiger partial charge is 0.315 e. The fourth-order valence-electron chi connectivity index (χ4n) is 0.673. The second-order valence-electron chi connectivity index (χ2n) is 3.95. The summed E-state index contributed by atoms with van der Waals surface area (Å²) in [6.07, 6.45) is 0.899. The van der Waals surface area contributed by atoms with Crippen LogP contribution in [0.2, 0.25) is 0 Å². The lowest BCUT2D eigenvalue weighted by atomic mass is 10.1. The van der Waals surface area contributed by atoms with Gasteiger partial charge in [-0.05, 0) is 27.2 Å². The summed E-state index contributed by atoms with van der Waals surface area (Å²) in [5.41, 5.74) is -0.854. The maximum atomic E-state index is 11.1. The zero-order valence-electron chi connectivity index (χ0n) is 8.85. The van der Waals surface area contributed by atoms with Crippen LogP contribution in [0.4, 0.5) is 4.79 Å². The predicted octanol–water partition coefficient (Wildman–Crippen LogP) is 0.855. The van der Waals surface area contributed by atoms with Crippen LogP contribution in [0.15, 0.2) is 0 Å². The summed E-state index contributed by atoms with van der Waals surface area (Å²) in [6, 6.07) is -0.0571. The maximum absolute atomic E-state index is 11.1. The molecule has 1 atom stereocenters. The number of hydrogen-bond donors (Lipinski definition) is 3. The minimum absolute atomic E-state index is 0.168. The van der Waals surface area contributed by atoms with Crippen molar-refractivity contribution >= 4 is 6.03 Å². The van der Waals surface area contributed by atoms with Crippen molar-refractivity contribution in [1.82, 2.24) is 10.6 Å². The number of carbonyl (C=O) groups is 1. The Bertz CT molecular complexity index is 163. The fraction of sp³-hybridized carbons (Fsp3) is 0.889. The molecule has 0 saturated carbocycles. The molecule has 13 heavy (non-hydrogen) atoms.